The number of carbonyl (C=O) groups excluding carboxylic acids is 1. The van der Waals surface area contributed by atoms with Crippen molar-refractivity contribution in [3.05, 3.63) is 65.7 Å². The number of benzene rings is 2. The largest absolute Gasteiger partial charge is 0.507 e. The number of phenolic OH excluding ortho intramolecular Hbond substituents is 1. The molecule has 0 bridgehead atoms. The summed E-state index contributed by atoms with van der Waals surface area (Å²) in [6, 6.07) is 12.2. The van der Waals surface area contributed by atoms with Crippen molar-refractivity contribution in [2.45, 2.75) is 13.0 Å². The van der Waals surface area contributed by atoms with Gasteiger partial charge in [0.25, 0.3) is 5.91 Å². The van der Waals surface area contributed by atoms with E-state index in [-0.39, 0.29) is 0 Å². The zero-order valence-electron chi connectivity index (χ0n) is 12.7. The average molecular weight is 327 g/mol. The number of nitrogens with zero attached hydrogens (tertiary/aromatic N) is 4. The molecule has 0 fully saturated rings. The SMILES string of the molecule is C[C@H](NC(=O)c1c(O)cccc1F)c1nnnn1-c1ccccc1. The first-order chi connectivity index (χ1) is 11.6. The summed E-state index contributed by atoms with van der Waals surface area (Å²) >= 11 is 0. The monoisotopic (exact) mass is 327 g/mol. The van der Waals surface area contributed by atoms with Crippen molar-refractivity contribution in [3.8, 4) is 11.4 Å². The van der Waals surface area contributed by atoms with Gasteiger partial charge in [0.1, 0.15) is 17.1 Å². The van der Waals surface area contributed by atoms with Gasteiger partial charge >= 0.3 is 0 Å². The number of rotatable bonds is 4. The van der Waals surface area contributed by atoms with E-state index in [9.17, 15) is 14.3 Å². The summed E-state index contributed by atoms with van der Waals surface area (Å²) in [5, 5.41) is 23.7. The van der Waals surface area contributed by atoms with Crippen LogP contribution in [0.4, 0.5) is 4.39 Å². The highest BCUT2D eigenvalue weighted by Gasteiger charge is 2.22. The second-order valence-electron chi connectivity index (χ2n) is 5.11. The van der Waals surface area contributed by atoms with Crippen molar-refractivity contribution in [2.24, 2.45) is 0 Å². The van der Waals surface area contributed by atoms with Gasteiger partial charge in [0.05, 0.1) is 11.7 Å². The number of halogens is 1. The van der Waals surface area contributed by atoms with Crippen LogP contribution in [0.1, 0.15) is 29.1 Å². The van der Waals surface area contributed by atoms with Gasteiger partial charge in [-0.05, 0) is 41.6 Å². The van der Waals surface area contributed by atoms with Crippen molar-refractivity contribution >= 4 is 5.91 Å². The third-order valence-electron chi connectivity index (χ3n) is 3.45. The standard InChI is InChI=1S/C16H14FN5O2/c1-10(18-16(24)14-12(17)8-5-9-13(14)23)15-19-20-21-22(15)11-6-3-2-4-7-11/h2-10,23H,1H3,(H,18,24)/t10-/m0/s1. The Balaban J connectivity index is 1.85. The van der Waals surface area contributed by atoms with Gasteiger partial charge in [-0.2, -0.15) is 4.68 Å². The average Bonchev–Trinajstić information content (AvgIpc) is 3.05. The Labute approximate surface area is 136 Å². The van der Waals surface area contributed by atoms with Gasteiger partial charge in [-0.15, -0.1) is 5.10 Å². The zero-order valence-corrected chi connectivity index (χ0v) is 12.7. The van der Waals surface area contributed by atoms with E-state index in [0.717, 1.165) is 11.8 Å². The molecule has 0 aliphatic rings. The van der Waals surface area contributed by atoms with Gasteiger partial charge in [0, 0.05) is 0 Å². The van der Waals surface area contributed by atoms with Gasteiger partial charge in [-0.3, -0.25) is 4.79 Å². The van der Waals surface area contributed by atoms with E-state index in [1.807, 2.05) is 30.3 Å². The Morgan fingerprint density at radius 1 is 1.21 bits per heavy atom. The van der Waals surface area contributed by atoms with Crippen LogP contribution in [0, 0.1) is 5.82 Å². The number of nitrogens with one attached hydrogen (secondary N) is 1. The van der Waals surface area contributed by atoms with E-state index in [1.165, 1.54) is 16.8 Å². The maximum absolute atomic E-state index is 13.8. The van der Waals surface area contributed by atoms with Crippen LogP contribution in [-0.2, 0) is 0 Å². The Bertz CT molecular complexity index is 846. The van der Waals surface area contributed by atoms with Gasteiger partial charge in [0.2, 0.25) is 0 Å². The summed E-state index contributed by atoms with van der Waals surface area (Å²) in [5.41, 5.74) is 0.315. The van der Waals surface area contributed by atoms with Crippen LogP contribution in [0.25, 0.3) is 5.69 Å². The summed E-state index contributed by atoms with van der Waals surface area (Å²) in [6.45, 7) is 1.67. The molecule has 0 radical (unpaired) electrons. The smallest absolute Gasteiger partial charge is 0.258 e. The Morgan fingerprint density at radius 2 is 1.96 bits per heavy atom. The second kappa shape index (κ2) is 6.45. The molecule has 1 heterocycles. The number of carbonyl (C=O) groups is 1. The minimum atomic E-state index is -0.803. The van der Waals surface area contributed by atoms with Crippen molar-refractivity contribution < 1.29 is 14.3 Å². The van der Waals surface area contributed by atoms with Crippen molar-refractivity contribution in [1.29, 1.82) is 0 Å². The quantitative estimate of drug-likeness (QED) is 0.764. The Hall–Kier alpha value is -3.29. The molecular formula is C16H14FN5O2. The first kappa shape index (κ1) is 15.6. The van der Waals surface area contributed by atoms with E-state index < -0.39 is 29.1 Å². The Kier molecular flexibility index (Phi) is 4.19. The predicted molar refractivity (Wildman–Crippen MR) is 83.1 cm³/mol. The molecular weight excluding hydrogens is 313 g/mol. The van der Waals surface area contributed by atoms with Crippen LogP contribution in [0.3, 0.4) is 0 Å². The molecule has 1 amide bonds. The fraction of sp³-hybridized carbons (Fsp3) is 0.125. The van der Waals surface area contributed by atoms with Gasteiger partial charge in [-0.25, -0.2) is 4.39 Å². The van der Waals surface area contributed by atoms with E-state index in [1.54, 1.807) is 6.92 Å². The van der Waals surface area contributed by atoms with Crippen LogP contribution >= 0.6 is 0 Å². The number of amides is 1. The maximum Gasteiger partial charge on any atom is 0.258 e. The lowest BCUT2D eigenvalue weighted by Crippen LogP contribution is -2.29. The molecule has 0 unspecified atom stereocenters. The minimum Gasteiger partial charge on any atom is -0.507 e. The number of hydrogen-bond acceptors (Lipinski definition) is 5. The van der Waals surface area contributed by atoms with Crippen LogP contribution in [0.15, 0.2) is 48.5 Å². The highest BCUT2D eigenvalue weighted by molar-refractivity contribution is 5.97. The third-order valence-corrected chi connectivity index (χ3v) is 3.45. The molecule has 8 heteroatoms. The highest BCUT2D eigenvalue weighted by Crippen LogP contribution is 2.21. The minimum absolute atomic E-state index is 0.380. The molecule has 0 spiro atoms. The van der Waals surface area contributed by atoms with Crippen molar-refractivity contribution in [1.82, 2.24) is 25.5 Å². The lowest BCUT2D eigenvalue weighted by molar-refractivity contribution is 0.0931. The summed E-state index contributed by atoms with van der Waals surface area (Å²) in [7, 11) is 0. The van der Waals surface area contributed by atoms with E-state index in [4.69, 9.17) is 0 Å². The molecule has 24 heavy (non-hydrogen) atoms. The van der Waals surface area contributed by atoms with E-state index in [0.29, 0.717) is 5.82 Å². The molecule has 0 saturated heterocycles. The topological polar surface area (TPSA) is 92.9 Å². The molecule has 2 N–H and O–H groups in total. The van der Waals surface area contributed by atoms with Gasteiger partial charge in [-0.1, -0.05) is 24.3 Å². The number of hydrogen-bond donors (Lipinski definition) is 2. The van der Waals surface area contributed by atoms with Crippen LogP contribution < -0.4 is 5.32 Å². The van der Waals surface area contributed by atoms with Gasteiger partial charge in [0.15, 0.2) is 5.82 Å². The molecule has 0 aliphatic carbocycles. The summed E-state index contributed by atoms with van der Waals surface area (Å²) in [4.78, 5) is 12.3. The lowest BCUT2D eigenvalue weighted by Gasteiger charge is -2.14. The normalized spacial score (nSPS) is 11.9. The first-order valence-corrected chi connectivity index (χ1v) is 7.20. The van der Waals surface area contributed by atoms with Crippen LogP contribution in [-0.4, -0.2) is 31.2 Å². The summed E-state index contributed by atoms with van der Waals surface area (Å²) < 4.78 is 15.2. The molecule has 3 rings (SSSR count). The molecule has 0 saturated carbocycles. The zero-order chi connectivity index (χ0) is 17.1. The fourth-order valence-corrected chi connectivity index (χ4v) is 2.29. The molecule has 2 aromatic carbocycles. The van der Waals surface area contributed by atoms with Crippen LogP contribution in [0.2, 0.25) is 0 Å². The molecule has 7 nitrogen and oxygen atoms in total. The van der Waals surface area contributed by atoms with E-state index in [2.05, 4.69) is 20.8 Å². The van der Waals surface area contributed by atoms with Crippen molar-refractivity contribution in [3.63, 3.8) is 0 Å². The molecule has 1 aromatic heterocycles. The lowest BCUT2D eigenvalue weighted by atomic mass is 10.1. The van der Waals surface area contributed by atoms with Crippen LogP contribution in [0.5, 0.6) is 5.75 Å². The fourth-order valence-electron chi connectivity index (χ4n) is 2.29. The number of tetrazole rings is 1. The molecule has 0 aliphatic heterocycles. The number of aromatic nitrogens is 4. The molecule has 3 aromatic rings. The molecule has 1 atom stereocenters. The first-order valence-electron chi connectivity index (χ1n) is 7.20. The highest BCUT2D eigenvalue weighted by atomic mass is 19.1. The van der Waals surface area contributed by atoms with E-state index >= 15 is 0 Å². The van der Waals surface area contributed by atoms with Crippen molar-refractivity contribution in [2.75, 3.05) is 0 Å². The Morgan fingerprint density at radius 3 is 2.67 bits per heavy atom. The number of aromatic hydroxyl groups is 1. The summed E-state index contributed by atoms with van der Waals surface area (Å²) in [6.07, 6.45) is 0. The summed E-state index contributed by atoms with van der Waals surface area (Å²) in [5.74, 6) is -1.60. The van der Waals surface area contributed by atoms with Gasteiger partial charge < -0.3 is 10.4 Å². The maximum atomic E-state index is 13.8. The second-order valence-corrected chi connectivity index (χ2v) is 5.11. The molecule has 122 valence electrons. The number of phenols is 1. The number of para-hydroxylation sites is 1. The predicted octanol–water partition coefficient (Wildman–Crippen LogP) is 2.00. The third kappa shape index (κ3) is 2.94.